The smallest absolute Gasteiger partial charge is 0.261 e. The minimum Gasteiger partial charge on any atom is -0.326 e. The van der Waals surface area contributed by atoms with Gasteiger partial charge in [-0.2, -0.15) is 0 Å². The van der Waals surface area contributed by atoms with Crippen molar-refractivity contribution in [3.8, 4) is 0 Å². The Balaban J connectivity index is 2.19. The Hall–Kier alpha value is -2.69. The first-order chi connectivity index (χ1) is 11.0. The van der Waals surface area contributed by atoms with Gasteiger partial charge in [-0.3, -0.25) is 19.3 Å². The lowest BCUT2D eigenvalue weighted by Gasteiger charge is -2.27. The van der Waals surface area contributed by atoms with E-state index in [-0.39, 0.29) is 17.7 Å². The molecule has 5 nitrogen and oxygen atoms in total. The molecule has 0 bridgehead atoms. The van der Waals surface area contributed by atoms with E-state index in [1.54, 1.807) is 24.3 Å². The van der Waals surface area contributed by atoms with Crippen LogP contribution in [0.1, 0.15) is 47.4 Å². The lowest BCUT2D eigenvalue weighted by atomic mass is 9.93. The molecule has 5 heteroatoms. The molecule has 0 radical (unpaired) electrons. The van der Waals surface area contributed by atoms with Crippen molar-refractivity contribution in [2.75, 3.05) is 11.9 Å². The first-order valence-electron chi connectivity index (χ1n) is 7.74. The summed E-state index contributed by atoms with van der Waals surface area (Å²) < 4.78 is 0. The van der Waals surface area contributed by atoms with Crippen LogP contribution in [0.25, 0.3) is 10.8 Å². The van der Waals surface area contributed by atoms with E-state index in [2.05, 4.69) is 5.32 Å². The van der Waals surface area contributed by atoms with Gasteiger partial charge in [-0.25, -0.2) is 0 Å². The van der Waals surface area contributed by atoms with Gasteiger partial charge in [-0.05, 0) is 24.6 Å². The quantitative estimate of drug-likeness (QED) is 0.882. The lowest BCUT2D eigenvalue weighted by molar-refractivity contribution is -0.114. The number of imide groups is 1. The Morgan fingerprint density at radius 3 is 2.43 bits per heavy atom. The third kappa shape index (κ3) is 2.48. The highest BCUT2D eigenvalue weighted by molar-refractivity contribution is 6.27. The second-order valence-electron chi connectivity index (χ2n) is 5.69. The van der Waals surface area contributed by atoms with Crippen LogP contribution in [0.5, 0.6) is 0 Å². The first kappa shape index (κ1) is 15.2. The molecule has 0 atom stereocenters. The summed E-state index contributed by atoms with van der Waals surface area (Å²) in [5.41, 5.74) is 1.64. The Labute approximate surface area is 134 Å². The topological polar surface area (TPSA) is 66.5 Å². The minimum absolute atomic E-state index is 0.191. The third-order valence-corrected chi connectivity index (χ3v) is 4.04. The van der Waals surface area contributed by atoms with Gasteiger partial charge in [0.25, 0.3) is 11.8 Å². The van der Waals surface area contributed by atoms with Gasteiger partial charge in [0.05, 0.1) is 0 Å². The van der Waals surface area contributed by atoms with Gasteiger partial charge in [0, 0.05) is 41.1 Å². The van der Waals surface area contributed by atoms with Gasteiger partial charge in [-0.1, -0.05) is 25.5 Å². The van der Waals surface area contributed by atoms with Crippen LogP contribution in [-0.2, 0) is 4.79 Å². The van der Waals surface area contributed by atoms with Crippen molar-refractivity contribution in [3.05, 3.63) is 41.5 Å². The molecule has 1 aliphatic rings. The molecular formula is C18H18N2O3. The number of nitrogens with zero attached hydrogens (tertiary/aromatic N) is 1. The van der Waals surface area contributed by atoms with E-state index in [0.29, 0.717) is 34.1 Å². The van der Waals surface area contributed by atoms with Gasteiger partial charge >= 0.3 is 0 Å². The van der Waals surface area contributed by atoms with Crippen molar-refractivity contribution in [2.24, 2.45) is 0 Å². The van der Waals surface area contributed by atoms with Crippen molar-refractivity contribution in [2.45, 2.75) is 26.7 Å². The molecule has 0 unspecified atom stereocenters. The number of nitrogens with one attached hydrogen (secondary N) is 1. The number of hydrogen-bond donors (Lipinski definition) is 1. The molecule has 0 spiro atoms. The molecule has 3 rings (SSSR count). The predicted octanol–water partition coefficient (Wildman–Crippen LogP) is 3.19. The molecule has 0 aromatic heterocycles. The molecular weight excluding hydrogens is 292 g/mol. The van der Waals surface area contributed by atoms with Crippen LogP contribution >= 0.6 is 0 Å². The maximum atomic E-state index is 12.7. The summed E-state index contributed by atoms with van der Waals surface area (Å²) in [6, 6.07) is 8.73. The number of anilines is 1. The van der Waals surface area contributed by atoms with E-state index in [1.165, 1.54) is 11.8 Å². The van der Waals surface area contributed by atoms with Crippen molar-refractivity contribution in [3.63, 3.8) is 0 Å². The number of amides is 3. The fraction of sp³-hybridized carbons (Fsp3) is 0.278. The zero-order valence-corrected chi connectivity index (χ0v) is 13.2. The molecule has 0 saturated heterocycles. The number of hydrogen-bond acceptors (Lipinski definition) is 3. The zero-order chi connectivity index (χ0) is 16.6. The summed E-state index contributed by atoms with van der Waals surface area (Å²) in [5, 5.41) is 4.09. The van der Waals surface area contributed by atoms with Gasteiger partial charge < -0.3 is 5.32 Å². The second-order valence-corrected chi connectivity index (χ2v) is 5.69. The molecule has 1 aliphatic heterocycles. The standard InChI is InChI=1S/C18H18N2O3/c1-3-4-10-20-17(22)13-7-5-6-12-15(19-11(2)21)9-8-14(16(12)13)18(20)23/h5-9H,3-4,10H2,1-2H3,(H,19,21). The van der Waals surface area contributed by atoms with Gasteiger partial charge in [-0.15, -0.1) is 0 Å². The largest absolute Gasteiger partial charge is 0.326 e. The van der Waals surface area contributed by atoms with Gasteiger partial charge in [0.1, 0.15) is 0 Å². The normalized spacial score (nSPS) is 13.6. The molecule has 3 amide bonds. The van der Waals surface area contributed by atoms with E-state index in [9.17, 15) is 14.4 Å². The van der Waals surface area contributed by atoms with Crippen molar-refractivity contribution < 1.29 is 14.4 Å². The average Bonchev–Trinajstić information content (AvgIpc) is 2.53. The highest BCUT2D eigenvalue weighted by Gasteiger charge is 2.32. The predicted molar refractivity (Wildman–Crippen MR) is 88.5 cm³/mol. The van der Waals surface area contributed by atoms with E-state index in [0.717, 1.165) is 12.8 Å². The average molecular weight is 310 g/mol. The van der Waals surface area contributed by atoms with E-state index >= 15 is 0 Å². The molecule has 2 aromatic rings. The molecule has 0 aliphatic carbocycles. The van der Waals surface area contributed by atoms with Gasteiger partial charge in [0.2, 0.25) is 5.91 Å². The Kier molecular flexibility index (Phi) is 3.86. The fourth-order valence-corrected chi connectivity index (χ4v) is 2.96. The van der Waals surface area contributed by atoms with E-state index < -0.39 is 0 Å². The maximum Gasteiger partial charge on any atom is 0.261 e. The third-order valence-electron chi connectivity index (χ3n) is 4.04. The van der Waals surface area contributed by atoms with Crippen LogP contribution in [0.3, 0.4) is 0 Å². The lowest BCUT2D eigenvalue weighted by Crippen LogP contribution is -2.40. The summed E-state index contributed by atoms with van der Waals surface area (Å²) in [7, 11) is 0. The van der Waals surface area contributed by atoms with Crippen LogP contribution in [-0.4, -0.2) is 29.2 Å². The fourth-order valence-electron chi connectivity index (χ4n) is 2.96. The zero-order valence-electron chi connectivity index (χ0n) is 13.2. The molecule has 1 heterocycles. The van der Waals surface area contributed by atoms with E-state index in [4.69, 9.17) is 0 Å². The molecule has 2 aromatic carbocycles. The van der Waals surface area contributed by atoms with Crippen molar-refractivity contribution >= 4 is 34.2 Å². The maximum absolute atomic E-state index is 12.7. The monoisotopic (exact) mass is 310 g/mol. The number of carbonyl (C=O) groups is 3. The van der Waals surface area contributed by atoms with Crippen molar-refractivity contribution in [1.82, 2.24) is 4.90 Å². The number of benzene rings is 2. The Bertz CT molecular complexity index is 804. The number of unbranched alkanes of at least 4 members (excludes halogenated alkanes) is 1. The summed E-state index contributed by atoms with van der Waals surface area (Å²) in [4.78, 5) is 38.0. The highest BCUT2D eigenvalue weighted by Crippen LogP contribution is 2.34. The van der Waals surface area contributed by atoms with Crippen LogP contribution in [0.4, 0.5) is 5.69 Å². The summed E-state index contributed by atoms with van der Waals surface area (Å²) >= 11 is 0. The summed E-state index contributed by atoms with van der Waals surface area (Å²) in [6.07, 6.45) is 1.70. The van der Waals surface area contributed by atoms with Crippen LogP contribution in [0.15, 0.2) is 30.3 Å². The Morgan fingerprint density at radius 2 is 1.78 bits per heavy atom. The highest BCUT2D eigenvalue weighted by atomic mass is 16.2. The molecule has 0 saturated carbocycles. The van der Waals surface area contributed by atoms with E-state index in [1.807, 2.05) is 13.0 Å². The Morgan fingerprint density at radius 1 is 1.09 bits per heavy atom. The summed E-state index contributed by atoms with van der Waals surface area (Å²) in [6.45, 7) is 3.88. The second kappa shape index (κ2) is 5.83. The van der Waals surface area contributed by atoms with Crippen molar-refractivity contribution in [1.29, 1.82) is 0 Å². The van der Waals surface area contributed by atoms with Crippen LogP contribution in [0, 0.1) is 0 Å². The van der Waals surface area contributed by atoms with Crippen LogP contribution < -0.4 is 5.32 Å². The van der Waals surface area contributed by atoms with Gasteiger partial charge in [0.15, 0.2) is 0 Å². The molecule has 23 heavy (non-hydrogen) atoms. The SMILES string of the molecule is CCCCN1C(=O)c2cccc3c(NC(C)=O)ccc(c23)C1=O. The minimum atomic E-state index is -0.262. The molecule has 118 valence electrons. The molecule has 0 fully saturated rings. The summed E-state index contributed by atoms with van der Waals surface area (Å²) in [5.74, 6) is -0.716. The number of carbonyl (C=O) groups excluding carboxylic acids is 3. The van der Waals surface area contributed by atoms with Crippen LogP contribution in [0.2, 0.25) is 0 Å². The molecule has 1 N–H and O–H groups in total. The first-order valence-corrected chi connectivity index (χ1v) is 7.74. The number of rotatable bonds is 4.